The molecule has 0 unspecified atom stereocenters. The number of aromatic nitrogens is 1. The number of nitrogens with zero attached hydrogens (tertiary/aromatic N) is 1. The van der Waals surface area contributed by atoms with E-state index in [1.54, 1.807) is 18.3 Å². The number of nitrogens with one attached hydrogen (secondary N) is 2. The van der Waals surface area contributed by atoms with Crippen LogP contribution in [-0.4, -0.2) is 35.4 Å². The fourth-order valence-corrected chi connectivity index (χ4v) is 4.58. The summed E-state index contributed by atoms with van der Waals surface area (Å²) in [5, 5.41) is 7.55. The van der Waals surface area contributed by atoms with E-state index in [9.17, 15) is 9.59 Å². The normalized spacial score (nSPS) is 16.7. The third-order valence-electron chi connectivity index (χ3n) is 4.04. The number of hydrogen-bond acceptors (Lipinski definition) is 6. The van der Waals surface area contributed by atoms with Crippen molar-refractivity contribution in [3.63, 3.8) is 0 Å². The van der Waals surface area contributed by atoms with Gasteiger partial charge in [0, 0.05) is 22.4 Å². The van der Waals surface area contributed by atoms with Gasteiger partial charge in [0.05, 0.1) is 23.9 Å². The predicted molar refractivity (Wildman–Crippen MR) is 108 cm³/mol. The number of carbonyl (C=O) groups is 2. The first-order chi connectivity index (χ1) is 13.1. The molecular formula is C19H21N3O3S2. The van der Waals surface area contributed by atoms with Crippen LogP contribution in [0.1, 0.15) is 20.3 Å². The van der Waals surface area contributed by atoms with E-state index in [4.69, 9.17) is 4.74 Å². The number of thiazole rings is 1. The minimum absolute atomic E-state index is 0.292. The van der Waals surface area contributed by atoms with E-state index >= 15 is 0 Å². The van der Waals surface area contributed by atoms with Crippen molar-refractivity contribution in [2.24, 2.45) is 0 Å². The molecule has 6 nitrogen and oxygen atoms in total. The van der Waals surface area contributed by atoms with Crippen molar-refractivity contribution in [3.8, 4) is 11.3 Å². The quantitative estimate of drug-likeness (QED) is 0.543. The van der Waals surface area contributed by atoms with Gasteiger partial charge in [-0.05, 0) is 13.3 Å². The molecule has 0 fully saturated rings. The molecule has 0 bridgehead atoms. The van der Waals surface area contributed by atoms with Gasteiger partial charge in [0.1, 0.15) is 0 Å². The van der Waals surface area contributed by atoms with Crippen molar-refractivity contribution in [2.75, 3.05) is 12.4 Å². The highest BCUT2D eigenvalue weighted by molar-refractivity contribution is 8.01. The number of esters is 1. The minimum Gasteiger partial charge on any atom is -0.463 e. The Kier molecular flexibility index (Phi) is 6.52. The summed E-state index contributed by atoms with van der Waals surface area (Å²) < 4.78 is 6.06. The number of ether oxygens (including phenoxy) is 1. The van der Waals surface area contributed by atoms with Crippen LogP contribution in [0, 0.1) is 0 Å². The number of amides is 2. The average Bonchev–Trinajstić information content (AvgIpc) is 3.15. The molecule has 2 heterocycles. The molecule has 142 valence electrons. The minimum atomic E-state index is -0.392. The molecule has 0 saturated heterocycles. The van der Waals surface area contributed by atoms with Crippen LogP contribution >= 0.6 is 23.1 Å². The van der Waals surface area contributed by atoms with E-state index in [-0.39, 0.29) is 12.1 Å². The summed E-state index contributed by atoms with van der Waals surface area (Å²) in [4.78, 5) is 29.0. The zero-order valence-corrected chi connectivity index (χ0v) is 16.8. The average molecular weight is 404 g/mol. The Morgan fingerprint density at radius 3 is 2.78 bits per heavy atom. The zero-order valence-electron chi connectivity index (χ0n) is 15.2. The Morgan fingerprint density at radius 1 is 1.30 bits per heavy atom. The lowest BCUT2D eigenvalue weighted by Gasteiger charge is -2.28. The van der Waals surface area contributed by atoms with E-state index in [0.29, 0.717) is 30.1 Å². The molecule has 3 rings (SSSR count). The number of urea groups is 1. The van der Waals surface area contributed by atoms with Gasteiger partial charge in [-0.15, -0.1) is 11.3 Å². The summed E-state index contributed by atoms with van der Waals surface area (Å²) in [6.45, 7) is 3.98. The molecule has 1 aliphatic heterocycles. The van der Waals surface area contributed by atoms with Gasteiger partial charge in [-0.1, -0.05) is 49.0 Å². The first-order valence-corrected chi connectivity index (χ1v) is 10.6. The van der Waals surface area contributed by atoms with Gasteiger partial charge in [0.2, 0.25) is 0 Å². The fraction of sp³-hybridized carbons (Fsp3) is 0.316. The highest BCUT2D eigenvalue weighted by Crippen LogP contribution is 2.30. The number of benzene rings is 1. The molecule has 1 aromatic heterocycles. The Balaban J connectivity index is 1.78. The molecule has 1 aliphatic rings. The Bertz CT molecular complexity index is 849. The summed E-state index contributed by atoms with van der Waals surface area (Å²) in [6, 6.07) is 9.33. The van der Waals surface area contributed by atoms with Gasteiger partial charge in [0.15, 0.2) is 4.34 Å². The summed E-state index contributed by atoms with van der Waals surface area (Å²) >= 11 is 3.04. The topological polar surface area (TPSA) is 80.3 Å². The van der Waals surface area contributed by atoms with Gasteiger partial charge in [-0.2, -0.15) is 0 Å². The molecule has 1 aromatic carbocycles. The van der Waals surface area contributed by atoms with Crippen molar-refractivity contribution < 1.29 is 14.3 Å². The maximum atomic E-state index is 12.4. The van der Waals surface area contributed by atoms with E-state index in [1.165, 1.54) is 11.8 Å². The highest BCUT2D eigenvalue weighted by Gasteiger charge is 2.31. The molecule has 0 saturated carbocycles. The molecule has 27 heavy (non-hydrogen) atoms. The van der Waals surface area contributed by atoms with E-state index in [0.717, 1.165) is 15.6 Å². The van der Waals surface area contributed by atoms with Gasteiger partial charge in [-0.25, -0.2) is 14.6 Å². The SMILES string of the molecule is CCOC(=O)C1=C(CSc2nc(-c3ccccc3)cs2)NC(=O)N[C@@H]1CC. The van der Waals surface area contributed by atoms with Gasteiger partial charge in [-0.3, -0.25) is 0 Å². The van der Waals surface area contributed by atoms with E-state index < -0.39 is 5.97 Å². The van der Waals surface area contributed by atoms with Crippen LogP contribution in [0.4, 0.5) is 4.79 Å². The number of carbonyl (C=O) groups excluding carboxylic acids is 2. The second-order valence-electron chi connectivity index (χ2n) is 5.83. The zero-order chi connectivity index (χ0) is 19.2. The van der Waals surface area contributed by atoms with Crippen LogP contribution in [0.25, 0.3) is 11.3 Å². The van der Waals surface area contributed by atoms with Crippen LogP contribution in [-0.2, 0) is 9.53 Å². The first kappa shape index (κ1) is 19.4. The smallest absolute Gasteiger partial charge is 0.337 e. The van der Waals surface area contributed by atoms with Crippen molar-refractivity contribution in [1.82, 2.24) is 15.6 Å². The molecule has 1 atom stereocenters. The lowest BCUT2D eigenvalue weighted by molar-refractivity contribution is -0.139. The Hall–Kier alpha value is -2.32. The number of thioether (sulfide) groups is 1. The van der Waals surface area contributed by atoms with Crippen LogP contribution in [0.2, 0.25) is 0 Å². The maximum absolute atomic E-state index is 12.4. The van der Waals surface area contributed by atoms with Gasteiger partial charge < -0.3 is 15.4 Å². The van der Waals surface area contributed by atoms with Crippen LogP contribution in [0.3, 0.4) is 0 Å². The third kappa shape index (κ3) is 4.70. The van der Waals surface area contributed by atoms with Crippen molar-refractivity contribution >= 4 is 35.1 Å². The fourth-order valence-electron chi connectivity index (χ4n) is 2.77. The van der Waals surface area contributed by atoms with Crippen LogP contribution in [0.15, 0.2) is 51.3 Å². The van der Waals surface area contributed by atoms with Gasteiger partial charge in [0.25, 0.3) is 0 Å². The summed E-state index contributed by atoms with van der Waals surface area (Å²) in [6.07, 6.45) is 0.616. The molecule has 8 heteroatoms. The number of rotatable bonds is 7. The Morgan fingerprint density at radius 2 is 2.07 bits per heavy atom. The van der Waals surface area contributed by atoms with E-state index in [2.05, 4.69) is 15.6 Å². The van der Waals surface area contributed by atoms with Crippen molar-refractivity contribution in [2.45, 2.75) is 30.6 Å². The Labute approximate surface area is 166 Å². The summed E-state index contributed by atoms with van der Waals surface area (Å²) in [5.74, 6) is 0.0522. The monoisotopic (exact) mass is 403 g/mol. The highest BCUT2D eigenvalue weighted by atomic mass is 32.2. The van der Waals surface area contributed by atoms with E-state index in [1.807, 2.05) is 42.6 Å². The van der Waals surface area contributed by atoms with Crippen molar-refractivity contribution in [3.05, 3.63) is 47.0 Å². The molecule has 2 amide bonds. The van der Waals surface area contributed by atoms with Gasteiger partial charge >= 0.3 is 12.0 Å². The third-order valence-corrected chi connectivity index (χ3v) is 6.09. The van der Waals surface area contributed by atoms with Crippen molar-refractivity contribution in [1.29, 1.82) is 0 Å². The molecule has 2 aromatic rings. The summed E-state index contributed by atoms with van der Waals surface area (Å²) in [7, 11) is 0. The molecule has 2 N–H and O–H groups in total. The predicted octanol–water partition coefficient (Wildman–Crippen LogP) is 3.81. The lowest BCUT2D eigenvalue weighted by atomic mass is 10.0. The second-order valence-corrected chi connectivity index (χ2v) is 7.91. The second kappa shape index (κ2) is 9.05. The molecule has 0 radical (unpaired) electrons. The maximum Gasteiger partial charge on any atom is 0.337 e. The first-order valence-electron chi connectivity index (χ1n) is 8.73. The number of hydrogen-bond donors (Lipinski definition) is 2. The summed E-state index contributed by atoms with van der Waals surface area (Å²) in [5.41, 5.74) is 3.06. The molecule has 0 spiro atoms. The lowest BCUT2D eigenvalue weighted by Crippen LogP contribution is -2.50. The standard InChI is InChI=1S/C19H21N3O3S2/c1-3-13-16(17(23)25-4-2)15(21-18(24)20-13)11-27-19-22-14(10-26-19)12-8-6-5-7-9-12/h5-10,13H,3-4,11H2,1-2H3,(H2,20,21,24)/t13-/m1/s1. The molecular weight excluding hydrogens is 382 g/mol. The largest absolute Gasteiger partial charge is 0.463 e. The van der Waals surface area contributed by atoms with Crippen LogP contribution < -0.4 is 10.6 Å². The molecule has 0 aliphatic carbocycles. The van der Waals surface area contributed by atoms with Crippen LogP contribution in [0.5, 0.6) is 0 Å².